The second kappa shape index (κ2) is 11.7. The number of rotatable bonds is 9. The number of nitrogens with one attached hydrogen (secondary N) is 1. The van der Waals surface area contributed by atoms with Crippen LogP contribution in [0.15, 0.2) is 83.2 Å². The number of amides is 1. The van der Waals surface area contributed by atoms with Gasteiger partial charge in [-0.2, -0.15) is 0 Å². The molecule has 0 bridgehead atoms. The molecule has 1 N–H and O–H groups in total. The summed E-state index contributed by atoms with van der Waals surface area (Å²) in [6.45, 7) is 6.21. The van der Waals surface area contributed by atoms with Gasteiger partial charge in [-0.3, -0.25) is 4.79 Å². The number of benzene rings is 3. The Morgan fingerprint density at radius 2 is 1.81 bits per heavy atom. The van der Waals surface area contributed by atoms with E-state index in [4.69, 9.17) is 9.47 Å². The van der Waals surface area contributed by atoms with Crippen molar-refractivity contribution >= 4 is 34.6 Å². The predicted molar refractivity (Wildman–Crippen MR) is 144 cm³/mol. The summed E-state index contributed by atoms with van der Waals surface area (Å²) in [4.78, 5) is 17.7. The van der Waals surface area contributed by atoms with Crippen molar-refractivity contribution in [1.82, 2.24) is 5.32 Å². The molecule has 0 aliphatic carbocycles. The van der Waals surface area contributed by atoms with Crippen molar-refractivity contribution in [3.05, 3.63) is 106 Å². The number of thioether (sulfide) groups is 1. The first-order valence-electron chi connectivity index (χ1n) is 11.6. The first kappa shape index (κ1) is 25.3. The zero-order valence-electron chi connectivity index (χ0n) is 20.2. The lowest BCUT2D eigenvalue weighted by Gasteiger charge is -2.16. The van der Waals surface area contributed by atoms with E-state index in [1.165, 1.54) is 29.5 Å². The molecule has 5 nitrogen and oxygen atoms in total. The molecule has 3 aromatic rings. The fraction of sp³-hybridized carbons (Fsp3) is 0.172. The van der Waals surface area contributed by atoms with E-state index in [9.17, 15) is 9.18 Å². The normalized spacial score (nSPS) is 15.2. The molecule has 1 amide bonds. The van der Waals surface area contributed by atoms with E-state index < -0.39 is 0 Å². The molecule has 1 aliphatic rings. The number of carbonyl (C=O) groups excluding carboxylic acids is 1. The van der Waals surface area contributed by atoms with Crippen LogP contribution in [0.25, 0.3) is 6.08 Å². The molecular weight excluding hydrogens is 475 g/mol. The van der Waals surface area contributed by atoms with Crippen LogP contribution in [0.5, 0.6) is 11.5 Å². The Kier molecular flexibility index (Phi) is 8.23. The summed E-state index contributed by atoms with van der Waals surface area (Å²) in [7, 11) is 1.57. The first-order valence-corrected chi connectivity index (χ1v) is 12.4. The number of aliphatic imine (C=N–C) groups is 1. The SMILES string of the molecule is C=CCc1cc(/C=C2\SC(=Nc3ccc(CC)cc3)NC2=O)cc(OC)c1OCc1ccc(F)cc1. The van der Waals surface area contributed by atoms with Gasteiger partial charge < -0.3 is 14.8 Å². The summed E-state index contributed by atoms with van der Waals surface area (Å²) in [5, 5.41) is 3.37. The molecule has 1 saturated heterocycles. The minimum atomic E-state index is -0.294. The van der Waals surface area contributed by atoms with Gasteiger partial charge in [0.2, 0.25) is 0 Å². The molecule has 0 spiro atoms. The van der Waals surface area contributed by atoms with Crippen LogP contribution < -0.4 is 14.8 Å². The number of halogens is 1. The van der Waals surface area contributed by atoms with Crippen LogP contribution in [0.4, 0.5) is 10.1 Å². The van der Waals surface area contributed by atoms with Crippen LogP contribution in [0.2, 0.25) is 0 Å². The monoisotopic (exact) mass is 502 g/mol. The number of aryl methyl sites for hydroxylation is 1. The molecule has 0 radical (unpaired) electrons. The van der Waals surface area contributed by atoms with E-state index in [0.717, 1.165) is 28.8 Å². The zero-order valence-corrected chi connectivity index (χ0v) is 21.0. The van der Waals surface area contributed by atoms with Crippen molar-refractivity contribution in [3.8, 4) is 11.5 Å². The maximum Gasteiger partial charge on any atom is 0.264 e. The van der Waals surface area contributed by atoms with Crippen LogP contribution in [-0.4, -0.2) is 18.2 Å². The molecule has 3 aromatic carbocycles. The van der Waals surface area contributed by atoms with E-state index in [1.54, 1.807) is 25.3 Å². The molecule has 7 heteroatoms. The summed E-state index contributed by atoms with van der Waals surface area (Å²) in [6, 6.07) is 17.9. The van der Waals surface area contributed by atoms with E-state index >= 15 is 0 Å². The highest BCUT2D eigenvalue weighted by atomic mass is 32.2. The summed E-state index contributed by atoms with van der Waals surface area (Å²) < 4.78 is 24.9. The average Bonchev–Trinajstić information content (AvgIpc) is 3.22. The first-order chi connectivity index (χ1) is 17.5. The molecule has 36 heavy (non-hydrogen) atoms. The van der Waals surface area contributed by atoms with Crippen LogP contribution >= 0.6 is 11.8 Å². The molecule has 4 rings (SSSR count). The number of nitrogens with zero attached hydrogens (tertiary/aromatic N) is 1. The number of carbonyl (C=O) groups is 1. The van der Waals surface area contributed by atoms with E-state index in [-0.39, 0.29) is 18.3 Å². The van der Waals surface area contributed by atoms with Gasteiger partial charge in [0.05, 0.1) is 17.7 Å². The fourth-order valence-corrected chi connectivity index (χ4v) is 4.52. The number of amidine groups is 1. The molecule has 1 fully saturated rings. The van der Waals surface area contributed by atoms with Crippen LogP contribution in [0, 0.1) is 5.82 Å². The summed E-state index contributed by atoms with van der Waals surface area (Å²) in [6.07, 6.45) is 5.10. The summed E-state index contributed by atoms with van der Waals surface area (Å²) in [5.74, 6) is 0.629. The largest absolute Gasteiger partial charge is 0.493 e. The highest BCUT2D eigenvalue weighted by molar-refractivity contribution is 8.18. The van der Waals surface area contributed by atoms with Gasteiger partial charge in [-0.05, 0) is 83.8 Å². The molecule has 0 saturated carbocycles. The van der Waals surface area contributed by atoms with Crippen molar-refractivity contribution in [3.63, 3.8) is 0 Å². The van der Waals surface area contributed by atoms with Crippen molar-refractivity contribution in [2.45, 2.75) is 26.4 Å². The smallest absolute Gasteiger partial charge is 0.264 e. The summed E-state index contributed by atoms with van der Waals surface area (Å²) in [5.41, 5.74) is 4.52. The van der Waals surface area contributed by atoms with Crippen molar-refractivity contribution in [2.24, 2.45) is 4.99 Å². The Bertz CT molecular complexity index is 1320. The van der Waals surface area contributed by atoms with E-state index in [0.29, 0.717) is 28.0 Å². The summed E-state index contributed by atoms with van der Waals surface area (Å²) >= 11 is 1.29. The van der Waals surface area contributed by atoms with Gasteiger partial charge in [0.15, 0.2) is 16.7 Å². The quantitative estimate of drug-likeness (QED) is 0.265. The molecule has 0 atom stereocenters. The third-order valence-corrected chi connectivity index (χ3v) is 6.47. The minimum absolute atomic E-state index is 0.204. The lowest BCUT2D eigenvalue weighted by Crippen LogP contribution is -2.19. The number of allylic oxidation sites excluding steroid dienone is 1. The second-order valence-corrected chi connectivity index (χ2v) is 9.15. The van der Waals surface area contributed by atoms with Gasteiger partial charge in [0.1, 0.15) is 12.4 Å². The number of hydrogen-bond donors (Lipinski definition) is 1. The minimum Gasteiger partial charge on any atom is -0.493 e. The van der Waals surface area contributed by atoms with Gasteiger partial charge >= 0.3 is 0 Å². The lowest BCUT2D eigenvalue weighted by molar-refractivity contribution is -0.115. The van der Waals surface area contributed by atoms with E-state index in [1.807, 2.05) is 42.5 Å². The predicted octanol–water partition coefficient (Wildman–Crippen LogP) is 6.60. The molecule has 0 aromatic heterocycles. The topological polar surface area (TPSA) is 59.9 Å². The highest BCUT2D eigenvalue weighted by Gasteiger charge is 2.24. The Labute approximate surface area is 214 Å². The zero-order chi connectivity index (χ0) is 25.5. The fourth-order valence-electron chi connectivity index (χ4n) is 3.68. The second-order valence-electron chi connectivity index (χ2n) is 8.12. The van der Waals surface area contributed by atoms with Gasteiger partial charge in [-0.1, -0.05) is 37.3 Å². The van der Waals surface area contributed by atoms with Gasteiger partial charge in [0, 0.05) is 5.56 Å². The van der Waals surface area contributed by atoms with Crippen LogP contribution in [0.1, 0.15) is 29.2 Å². The molecule has 1 aliphatic heterocycles. The number of methoxy groups -OCH3 is 1. The maximum absolute atomic E-state index is 13.2. The number of ether oxygens (including phenoxy) is 2. The van der Waals surface area contributed by atoms with Gasteiger partial charge in [-0.15, -0.1) is 6.58 Å². The van der Waals surface area contributed by atoms with Gasteiger partial charge in [0.25, 0.3) is 5.91 Å². The van der Waals surface area contributed by atoms with Crippen molar-refractivity contribution in [1.29, 1.82) is 0 Å². The third kappa shape index (κ3) is 6.23. The Morgan fingerprint density at radius 3 is 2.47 bits per heavy atom. The lowest BCUT2D eigenvalue weighted by atomic mass is 10.0. The van der Waals surface area contributed by atoms with Crippen LogP contribution in [0.3, 0.4) is 0 Å². The Balaban J connectivity index is 1.57. The Morgan fingerprint density at radius 1 is 1.08 bits per heavy atom. The standard InChI is InChI=1S/C29H27FN2O3S/c1-4-6-22-15-21(16-25(34-3)27(22)35-18-20-7-11-23(30)12-8-20)17-26-28(33)32-29(36-26)31-24-13-9-19(5-2)10-14-24/h4,7-17H,1,5-6,18H2,2-3H3,(H,31,32,33)/b26-17-. The van der Waals surface area contributed by atoms with Crippen molar-refractivity contribution < 1.29 is 18.7 Å². The average molecular weight is 503 g/mol. The van der Waals surface area contributed by atoms with Crippen molar-refractivity contribution in [2.75, 3.05) is 7.11 Å². The third-order valence-electron chi connectivity index (χ3n) is 5.56. The molecular formula is C29H27FN2O3S. The maximum atomic E-state index is 13.2. The molecule has 0 unspecified atom stereocenters. The van der Waals surface area contributed by atoms with Crippen LogP contribution in [-0.2, 0) is 24.2 Å². The van der Waals surface area contributed by atoms with E-state index in [2.05, 4.69) is 23.8 Å². The van der Waals surface area contributed by atoms with Gasteiger partial charge in [-0.25, -0.2) is 9.38 Å². The molecule has 1 heterocycles. The number of hydrogen-bond acceptors (Lipinski definition) is 5. The Hall–Kier alpha value is -3.84. The highest BCUT2D eigenvalue weighted by Crippen LogP contribution is 2.36. The molecule has 184 valence electrons.